The summed E-state index contributed by atoms with van der Waals surface area (Å²) in [5, 5.41) is 0. The van der Waals surface area contributed by atoms with Crippen molar-refractivity contribution in [3.05, 3.63) is 69.2 Å². The maximum Gasteiger partial charge on any atom is 0.339 e. The summed E-state index contributed by atoms with van der Waals surface area (Å²) in [5.41, 5.74) is 7.68. The van der Waals surface area contributed by atoms with Crippen molar-refractivity contribution in [2.75, 3.05) is 0 Å². The molecule has 1 unspecified atom stereocenters. The van der Waals surface area contributed by atoms with Gasteiger partial charge in [0.2, 0.25) is 6.10 Å². The highest BCUT2D eigenvalue weighted by Gasteiger charge is 2.25. The summed E-state index contributed by atoms with van der Waals surface area (Å²) in [6, 6.07) is 11.7. The molecule has 0 aromatic heterocycles. The lowest BCUT2D eigenvalue weighted by Gasteiger charge is -2.18. The first-order valence-electron chi connectivity index (χ1n) is 7.87. The first kappa shape index (κ1) is 17.4. The Kier molecular flexibility index (Phi) is 4.99. The van der Waals surface area contributed by atoms with Crippen LogP contribution in [0.1, 0.15) is 50.8 Å². The van der Waals surface area contributed by atoms with Crippen molar-refractivity contribution < 1.29 is 19.1 Å². The predicted octanol–water partition coefficient (Wildman–Crippen LogP) is 3.35. The number of amides is 1. The molecule has 0 spiro atoms. The molecule has 0 radical (unpaired) electrons. The molecule has 0 bridgehead atoms. The monoisotopic (exact) mass is 401 g/mol. The predicted molar refractivity (Wildman–Crippen MR) is 95.2 cm³/mol. The number of esters is 1. The average Bonchev–Trinajstić information content (AvgIpc) is 2.59. The van der Waals surface area contributed by atoms with Gasteiger partial charge in [0.05, 0.1) is 5.56 Å². The first-order chi connectivity index (χ1) is 12.0. The molecule has 2 aromatic carbocycles. The number of aryl methyl sites for hydroxylation is 1. The first-order valence-corrected chi connectivity index (χ1v) is 8.67. The van der Waals surface area contributed by atoms with Crippen LogP contribution in [-0.4, -0.2) is 17.7 Å². The highest BCUT2D eigenvalue weighted by atomic mass is 79.9. The average molecular weight is 402 g/mol. The van der Waals surface area contributed by atoms with Gasteiger partial charge in [-0.2, -0.15) is 0 Å². The highest BCUT2D eigenvalue weighted by Crippen LogP contribution is 2.25. The number of carbonyl (C=O) groups excluding carboxylic acids is 3. The minimum Gasteiger partial charge on any atom is -0.444 e. The lowest BCUT2D eigenvalue weighted by Crippen LogP contribution is -2.26. The van der Waals surface area contributed by atoms with Crippen molar-refractivity contribution in [2.24, 2.45) is 5.73 Å². The van der Waals surface area contributed by atoms with Crippen LogP contribution in [0.15, 0.2) is 46.9 Å². The van der Waals surface area contributed by atoms with Gasteiger partial charge >= 0.3 is 5.97 Å². The van der Waals surface area contributed by atoms with Crippen LogP contribution < -0.4 is 5.73 Å². The molecule has 5 nitrogen and oxygen atoms in total. The molecule has 6 heteroatoms. The number of hydrogen-bond acceptors (Lipinski definition) is 4. The number of ketones is 1. The third-order valence-corrected chi connectivity index (χ3v) is 4.62. The Morgan fingerprint density at radius 3 is 2.64 bits per heavy atom. The zero-order valence-corrected chi connectivity index (χ0v) is 14.9. The van der Waals surface area contributed by atoms with E-state index in [-0.39, 0.29) is 5.78 Å². The zero-order chi connectivity index (χ0) is 18.0. The second-order valence-corrected chi connectivity index (χ2v) is 6.81. The molecule has 2 N–H and O–H groups in total. The standard InChI is InChI=1S/C19H16BrNO4/c20-14-5-1-4-12(10-14)17(18(21)23)25-19(24)13-7-8-15-11(9-13)3-2-6-16(15)22/h1,4-5,7-10,17H,2-3,6H2,(H2,21,23). The van der Waals surface area contributed by atoms with E-state index in [1.807, 2.05) is 0 Å². The van der Waals surface area contributed by atoms with E-state index in [0.29, 0.717) is 23.1 Å². The Morgan fingerprint density at radius 2 is 1.92 bits per heavy atom. The van der Waals surface area contributed by atoms with Crippen LogP contribution in [-0.2, 0) is 16.0 Å². The molecule has 1 aliphatic rings. The molecule has 128 valence electrons. The van der Waals surface area contributed by atoms with E-state index in [4.69, 9.17) is 10.5 Å². The van der Waals surface area contributed by atoms with E-state index >= 15 is 0 Å². The van der Waals surface area contributed by atoms with Gasteiger partial charge in [-0.25, -0.2) is 4.79 Å². The molecule has 0 saturated carbocycles. The van der Waals surface area contributed by atoms with Crippen LogP contribution in [0.25, 0.3) is 0 Å². The molecule has 1 aliphatic carbocycles. The van der Waals surface area contributed by atoms with Gasteiger partial charge in [0.15, 0.2) is 5.78 Å². The van der Waals surface area contributed by atoms with Crippen LogP contribution in [0.4, 0.5) is 0 Å². The van der Waals surface area contributed by atoms with Crippen LogP contribution in [0.2, 0.25) is 0 Å². The number of Topliss-reactive ketones (excluding diaryl/α,β-unsaturated/α-hetero) is 1. The molecule has 25 heavy (non-hydrogen) atoms. The third-order valence-electron chi connectivity index (χ3n) is 4.13. The molecule has 0 fully saturated rings. The Bertz CT molecular complexity index is 862. The number of primary amides is 1. The number of nitrogens with two attached hydrogens (primary N) is 1. The quantitative estimate of drug-likeness (QED) is 0.795. The van der Waals surface area contributed by atoms with Crippen molar-refractivity contribution in [3.63, 3.8) is 0 Å². The fourth-order valence-corrected chi connectivity index (χ4v) is 3.33. The Morgan fingerprint density at radius 1 is 1.12 bits per heavy atom. The van der Waals surface area contributed by atoms with Crippen LogP contribution >= 0.6 is 15.9 Å². The number of halogens is 1. The maximum absolute atomic E-state index is 12.5. The minimum atomic E-state index is -1.18. The summed E-state index contributed by atoms with van der Waals surface area (Å²) < 4.78 is 6.09. The Hall–Kier alpha value is -2.47. The third kappa shape index (κ3) is 3.79. The number of carbonyl (C=O) groups is 3. The molecule has 0 saturated heterocycles. The summed E-state index contributed by atoms with van der Waals surface area (Å²) >= 11 is 3.31. The van der Waals surface area contributed by atoms with Gasteiger partial charge in [0.25, 0.3) is 5.91 Å². The number of rotatable bonds is 4. The van der Waals surface area contributed by atoms with Gasteiger partial charge in [-0.15, -0.1) is 0 Å². The van der Waals surface area contributed by atoms with E-state index in [1.54, 1.807) is 42.5 Å². The summed E-state index contributed by atoms with van der Waals surface area (Å²) in [6.45, 7) is 0. The Balaban J connectivity index is 1.85. The lowest BCUT2D eigenvalue weighted by atomic mass is 9.89. The normalized spacial score (nSPS) is 14.5. The second kappa shape index (κ2) is 7.19. The van der Waals surface area contributed by atoms with E-state index in [9.17, 15) is 14.4 Å². The topological polar surface area (TPSA) is 86.5 Å². The molecular formula is C19H16BrNO4. The van der Waals surface area contributed by atoms with Crippen molar-refractivity contribution in [3.8, 4) is 0 Å². The SMILES string of the molecule is NC(=O)C(OC(=O)c1ccc2c(c1)CCCC2=O)c1cccc(Br)c1. The van der Waals surface area contributed by atoms with E-state index in [0.717, 1.165) is 22.9 Å². The van der Waals surface area contributed by atoms with Crippen LogP contribution in [0.5, 0.6) is 0 Å². The van der Waals surface area contributed by atoms with E-state index < -0.39 is 18.0 Å². The van der Waals surface area contributed by atoms with Gasteiger partial charge in [0.1, 0.15) is 0 Å². The van der Waals surface area contributed by atoms with E-state index in [1.165, 1.54) is 0 Å². The summed E-state index contributed by atoms with van der Waals surface area (Å²) in [5.74, 6) is -1.31. The van der Waals surface area contributed by atoms with Crippen LogP contribution in [0.3, 0.4) is 0 Å². The summed E-state index contributed by atoms with van der Waals surface area (Å²) in [4.78, 5) is 36.1. The maximum atomic E-state index is 12.5. The van der Waals surface area contributed by atoms with Crippen molar-refractivity contribution in [1.29, 1.82) is 0 Å². The highest BCUT2D eigenvalue weighted by molar-refractivity contribution is 9.10. The fraction of sp³-hybridized carbons (Fsp3) is 0.211. The molecule has 1 amide bonds. The van der Waals surface area contributed by atoms with Gasteiger partial charge in [-0.05, 0) is 42.7 Å². The van der Waals surface area contributed by atoms with Crippen molar-refractivity contribution in [2.45, 2.75) is 25.4 Å². The minimum absolute atomic E-state index is 0.0883. The van der Waals surface area contributed by atoms with Gasteiger partial charge < -0.3 is 10.5 Å². The van der Waals surface area contributed by atoms with E-state index in [2.05, 4.69) is 15.9 Å². The number of hydrogen-bond donors (Lipinski definition) is 1. The molecule has 3 rings (SSSR count). The molecule has 0 heterocycles. The zero-order valence-electron chi connectivity index (χ0n) is 13.3. The Labute approximate surface area is 153 Å². The van der Waals surface area contributed by atoms with Crippen molar-refractivity contribution >= 4 is 33.6 Å². The number of benzene rings is 2. The van der Waals surface area contributed by atoms with Crippen molar-refractivity contribution in [1.82, 2.24) is 0 Å². The molecule has 1 atom stereocenters. The molecule has 2 aromatic rings. The second-order valence-electron chi connectivity index (χ2n) is 5.89. The number of ether oxygens (including phenoxy) is 1. The van der Waals surface area contributed by atoms with Gasteiger partial charge in [-0.1, -0.05) is 34.1 Å². The summed E-state index contributed by atoms with van der Waals surface area (Å²) in [7, 11) is 0. The fourth-order valence-electron chi connectivity index (χ4n) is 2.91. The number of fused-ring (bicyclic) bond motifs is 1. The largest absolute Gasteiger partial charge is 0.444 e. The molecule has 0 aliphatic heterocycles. The summed E-state index contributed by atoms with van der Waals surface area (Å²) in [6.07, 6.45) is 0.866. The smallest absolute Gasteiger partial charge is 0.339 e. The van der Waals surface area contributed by atoms with Gasteiger partial charge in [-0.3, -0.25) is 9.59 Å². The lowest BCUT2D eigenvalue weighted by molar-refractivity contribution is -0.127. The van der Waals surface area contributed by atoms with Gasteiger partial charge in [0, 0.05) is 22.0 Å². The van der Waals surface area contributed by atoms with Crippen LogP contribution in [0, 0.1) is 0 Å². The molecular weight excluding hydrogens is 386 g/mol.